The Balaban J connectivity index is 1.43. The number of nitrogens with two attached hydrogens (primary N) is 2. The zero-order chi connectivity index (χ0) is 52.1. The van der Waals surface area contributed by atoms with E-state index in [1.807, 2.05) is 0 Å². The molecule has 0 spiro atoms. The molecule has 5 amide bonds. The molecule has 0 radical (unpaired) electrons. The van der Waals surface area contributed by atoms with Crippen molar-refractivity contribution < 1.29 is 60.1 Å². The topological polar surface area (TPSA) is 253 Å². The maximum atomic E-state index is 15.3. The number of hydrogen-bond donors (Lipinski definition) is 6. The number of primary amides is 1. The Morgan fingerprint density at radius 1 is 0.887 bits per heavy atom. The molecule has 3 unspecified atom stereocenters. The summed E-state index contributed by atoms with van der Waals surface area (Å²) in [5.74, 6) is -3.33. The fourth-order valence-electron chi connectivity index (χ4n) is 8.27. The number of amides is 5. The first kappa shape index (κ1) is 53.5. The van der Waals surface area contributed by atoms with E-state index in [0.29, 0.717) is 16.9 Å². The molecule has 2 aliphatic heterocycles. The number of aliphatic hydroxyl groups excluding tert-OH is 1. The normalized spacial score (nSPS) is 18.3. The minimum Gasteiger partial charge on any atom is -0.497 e. The molecule has 0 aromatic heterocycles. The Morgan fingerprint density at radius 3 is 2.08 bits per heavy atom. The molecule has 0 bridgehead atoms. The van der Waals surface area contributed by atoms with Gasteiger partial charge < -0.3 is 42.0 Å². The Labute approximate surface area is 409 Å². The van der Waals surface area contributed by atoms with Gasteiger partial charge in [-0.25, -0.2) is 23.2 Å². The van der Waals surface area contributed by atoms with Crippen molar-refractivity contribution in [3.63, 3.8) is 0 Å². The lowest BCUT2D eigenvalue weighted by molar-refractivity contribution is -0.160. The van der Waals surface area contributed by atoms with Gasteiger partial charge in [-0.15, -0.1) is 0 Å². The van der Waals surface area contributed by atoms with Crippen LogP contribution in [0.5, 0.6) is 5.75 Å². The fraction of sp³-hybridized carbons (Fsp3) is 0.380. The molecule has 8 N–H and O–H groups in total. The van der Waals surface area contributed by atoms with Crippen molar-refractivity contribution in [1.29, 1.82) is 0 Å². The summed E-state index contributed by atoms with van der Waals surface area (Å²) >= 11 is 0. The summed E-state index contributed by atoms with van der Waals surface area (Å²) in [7, 11) is -3.30. The number of carbonyl (C=O) groups is 5. The van der Waals surface area contributed by atoms with Gasteiger partial charge in [0, 0.05) is 25.2 Å². The number of nitrogens with one attached hydrogen (secondary N) is 3. The van der Waals surface area contributed by atoms with Crippen molar-refractivity contribution in [2.45, 2.75) is 107 Å². The highest BCUT2D eigenvalue weighted by Crippen LogP contribution is 2.48. The molecule has 2 heterocycles. The van der Waals surface area contributed by atoms with E-state index in [4.69, 9.17) is 20.9 Å². The van der Waals surface area contributed by atoms with Crippen molar-refractivity contribution in [3.05, 3.63) is 141 Å². The lowest BCUT2D eigenvalue weighted by Gasteiger charge is -2.45. The van der Waals surface area contributed by atoms with Crippen LogP contribution in [0.1, 0.15) is 90.7 Å². The first-order chi connectivity index (χ1) is 33.3. The van der Waals surface area contributed by atoms with E-state index in [0.717, 1.165) is 22.7 Å². The quantitative estimate of drug-likeness (QED) is 0.0712. The minimum atomic E-state index is -4.74. The smallest absolute Gasteiger partial charge is 0.416 e. The number of hydrogen-bond acceptors (Lipinski definition) is 12. The number of benzene rings is 4. The number of sulfone groups is 1. The fourth-order valence-corrected chi connectivity index (χ4v) is 10.0. The number of unbranched alkanes of at least 4 members (excludes halogenated alkanes) is 1. The van der Waals surface area contributed by atoms with Gasteiger partial charge >= 0.3 is 12.3 Å². The van der Waals surface area contributed by atoms with E-state index in [-0.39, 0.29) is 67.8 Å². The summed E-state index contributed by atoms with van der Waals surface area (Å²) in [5.41, 5.74) is 10.0. The van der Waals surface area contributed by atoms with Crippen LogP contribution in [0.3, 0.4) is 0 Å². The van der Waals surface area contributed by atoms with Crippen LogP contribution in [-0.2, 0) is 48.1 Å². The van der Waals surface area contributed by atoms with Gasteiger partial charge in [0.25, 0.3) is 17.7 Å². The molecule has 17 nitrogen and oxygen atoms in total. The van der Waals surface area contributed by atoms with Crippen LogP contribution in [-0.4, -0.2) is 96.7 Å². The van der Waals surface area contributed by atoms with E-state index < -0.39 is 91.2 Å². The second-order valence-corrected chi connectivity index (χ2v) is 20.4. The predicted octanol–water partition coefficient (Wildman–Crippen LogP) is 5.11. The lowest BCUT2D eigenvalue weighted by Crippen LogP contribution is -2.65. The van der Waals surface area contributed by atoms with Crippen LogP contribution in [0.4, 0.5) is 18.0 Å². The van der Waals surface area contributed by atoms with Crippen LogP contribution in [0, 0.1) is 6.92 Å². The summed E-state index contributed by atoms with van der Waals surface area (Å²) in [6.07, 6.45) is -7.42. The van der Waals surface area contributed by atoms with Crippen LogP contribution in [0.2, 0.25) is 0 Å². The number of ether oxygens (including phenoxy) is 2. The summed E-state index contributed by atoms with van der Waals surface area (Å²) in [4.78, 5) is 67.4. The van der Waals surface area contributed by atoms with Gasteiger partial charge in [-0.1, -0.05) is 54.1 Å². The van der Waals surface area contributed by atoms with Crippen LogP contribution in [0.15, 0.2) is 113 Å². The average molecular weight is 1010 g/mol. The molecular weight excluding hydrogens is 948 g/mol. The van der Waals surface area contributed by atoms with Gasteiger partial charge in [0.1, 0.15) is 27.5 Å². The molecule has 0 saturated carbocycles. The molecule has 2 aliphatic rings. The van der Waals surface area contributed by atoms with Crippen LogP contribution < -0.4 is 32.2 Å². The summed E-state index contributed by atoms with van der Waals surface area (Å²) in [6, 6.07) is 19.4. The summed E-state index contributed by atoms with van der Waals surface area (Å²) in [6.45, 7) is 6.68. The monoisotopic (exact) mass is 1010 g/mol. The summed E-state index contributed by atoms with van der Waals surface area (Å²) in [5, 5.41) is 21.9. The number of hydrazine groups is 1. The second kappa shape index (κ2) is 21.7. The van der Waals surface area contributed by atoms with Crippen molar-refractivity contribution in [2.75, 3.05) is 20.2 Å². The predicted molar refractivity (Wildman–Crippen MR) is 254 cm³/mol. The number of fused-ring (bicyclic) bond motifs is 1. The average Bonchev–Trinajstić information content (AvgIpc) is 3.67. The molecule has 71 heavy (non-hydrogen) atoms. The number of alkyl halides is 3. The summed E-state index contributed by atoms with van der Waals surface area (Å²) < 4.78 is 81.7. The number of halogens is 3. The Hall–Kier alpha value is -6.81. The molecule has 4 atom stereocenters. The molecule has 1 saturated heterocycles. The molecule has 1 fully saturated rings. The largest absolute Gasteiger partial charge is 0.497 e. The Bertz CT molecular complexity index is 2750. The van der Waals surface area contributed by atoms with Crippen molar-refractivity contribution in [2.24, 2.45) is 11.5 Å². The van der Waals surface area contributed by atoms with E-state index in [1.165, 1.54) is 48.5 Å². The first-order valence-corrected chi connectivity index (χ1v) is 24.2. The third-order valence-corrected chi connectivity index (χ3v) is 13.9. The Morgan fingerprint density at radius 2 is 1.51 bits per heavy atom. The highest BCUT2D eigenvalue weighted by atomic mass is 32.2. The number of carbonyl (C=O) groups excluding carboxylic acids is 5. The highest BCUT2D eigenvalue weighted by molar-refractivity contribution is 7.95. The zero-order valence-electron chi connectivity index (χ0n) is 39.8. The maximum Gasteiger partial charge on any atom is 0.416 e. The third kappa shape index (κ3) is 12.8. The molecular formula is C50H58F3N7O10S. The van der Waals surface area contributed by atoms with Gasteiger partial charge in [0.2, 0.25) is 15.7 Å². The van der Waals surface area contributed by atoms with Gasteiger partial charge in [0.05, 0.1) is 29.7 Å². The van der Waals surface area contributed by atoms with Crippen LogP contribution in [0.25, 0.3) is 0 Å². The number of aliphatic hydroxyl groups is 1. The van der Waals surface area contributed by atoms with Gasteiger partial charge in [-0.2, -0.15) is 13.2 Å². The SMILES string of the molecule is COc1ccc(C2C(S(=O)(=O)c3ccc(C)cc3)=C(C(=O)N[C@@H](CCCCNC(=O)OC(C)(C)C)C(O)C(=O)NCc3ccc(C(N)=O)cc3)N3C(=O)C(N)(Cc4ccc(C(F)(F)F)cc4)CCN23)cc1. The standard InChI is InChI=1S/C50H58F3N7O10S/c1-30-9-23-37(24-10-30)71(67,68)42-39(33-17-21-36(69-5)22-18-33)59-27-25-49(55,28-31-13-19-35(20-14-31)50(51,52)53)46(65)60(59)40(42)44(63)58-38(8-6-7-26-56-47(66)70-48(2,3)4)41(61)45(64)57-29-32-11-15-34(16-12-32)43(54)62/h9-24,38-39,41,61H,6-8,25-29,55H2,1-5H3,(H2,54,62)(H,56,66)(H,57,64)(H,58,63)/t38-,39?,41?,49?/m0/s1. The molecule has 21 heteroatoms. The first-order valence-electron chi connectivity index (χ1n) is 22.7. The van der Waals surface area contributed by atoms with Crippen molar-refractivity contribution >= 4 is 39.6 Å². The van der Waals surface area contributed by atoms with E-state index in [9.17, 15) is 32.7 Å². The zero-order valence-corrected chi connectivity index (χ0v) is 40.7. The number of rotatable bonds is 18. The molecule has 4 aromatic carbocycles. The molecule has 380 valence electrons. The number of nitrogens with zero attached hydrogens (tertiary/aromatic N) is 2. The molecule has 4 aromatic rings. The molecule has 6 rings (SSSR count). The minimum absolute atomic E-state index is 0.0988. The maximum absolute atomic E-state index is 15.3. The van der Waals surface area contributed by atoms with E-state index in [1.54, 1.807) is 76.2 Å². The number of alkyl carbamates (subject to hydrolysis) is 1. The van der Waals surface area contributed by atoms with Crippen molar-refractivity contribution in [1.82, 2.24) is 26.0 Å². The lowest BCUT2D eigenvalue weighted by atomic mass is 9.85. The number of methoxy groups -OCH3 is 1. The second-order valence-electron chi connectivity index (χ2n) is 18.5. The van der Waals surface area contributed by atoms with Gasteiger partial charge in [-0.3, -0.25) is 19.2 Å². The third-order valence-electron chi connectivity index (χ3n) is 12.0. The van der Waals surface area contributed by atoms with Crippen LogP contribution >= 0.6 is 0 Å². The molecule has 0 aliphatic carbocycles. The highest BCUT2D eigenvalue weighted by Gasteiger charge is 2.57. The van der Waals surface area contributed by atoms with Gasteiger partial charge in [0.15, 0.2) is 6.10 Å². The van der Waals surface area contributed by atoms with E-state index >= 15 is 18.0 Å². The van der Waals surface area contributed by atoms with E-state index in [2.05, 4.69) is 16.0 Å². The van der Waals surface area contributed by atoms with Gasteiger partial charge in [-0.05, 0) is 125 Å². The van der Waals surface area contributed by atoms with Crippen molar-refractivity contribution in [3.8, 4) is 5.75 Å². The number of aryl methyl sites for hydroxylation is 1. The Kier molecular flexibility index (Phi) is 16.3.